The molecule has 6 rings (SSSR count). The van der Waals surface area contributed by atoms with E-state index in [-0.39, 0.29) is 64.0 Å². The van der Waals surface area contributed by atoms with Gasteiger partial charge in [-0.05, 0) is 37.0 Å². The Morgan fingerprint density at radius 1 is 1.10 bits per heavy atom. The number of aliphatic carboxylic acids is 1. The molecule has 2 N–H and O–H groups in total. The van der Waals surface area contributed by atoms with Gasteiger partial charge in [-0.1, -0.05) is 30.6 Å². The van der Waals surface area contributed by atoms with E-state index in [9.17, 15) is 19.2 Å². The van der Waals surface area contributed by atoms with E-state index in [0.717, 1.165) is 37.1 Å². The molecule has 3 aliphatic carbocycles. The van der Waals surface area contributed by atoms with Crippen LogP contribution in [0.3, 0.4) is 0 Å². The number of nitrogens with zero attached hydrogens (tertiary/aromatic N) is 1. The summed E-state index contributed by atoms with van der Waals surface area (Å²) < 4.78 is 0. The molecule has 3 saturated carbocycles. The zero-order valence-corrected chi connectivity index (χ0v) is 18.1. The lowest BCUT2D eigenvalue weighted by Gasteiger charge is -2.52. The Morgan fingerprint density at radius 3 is 2.50 bits per heavy atom. The van der Waals surface area contributed by atoms with Crippen molar-refractivity contribution in [2.75, 3.05) is 6.54 Å². The molecule has 1 saturated heterocycles. The number of aromatic nitrogens is 1. The van der Waals surface area contributed by atoms with Gasteiger partial charge in [0.05, 0.1) is 23.3 Å². The van der Waals surface area contributed by atoms with Crippen molar-refractivity contribution in [3.8, 4) is 0 Å². The number of likely N-dealkylation sites (tertiary alicyclic amines) is 1. The van der Waals surface area contributed by atoms with Crippen LogP contribution in [0.5, 0.6) is 0 Å². The SMILES string of the molecule is O=C(O)CCN1C(=O)[C@@H]2[C@H]3C[C@@H]([C@@H]2C1=O)[C@@H]1[C@H]3Sc2[nH]c(=O)sc2C12CCCCC2. The standard InChI is InChI=1S/C21H24N2O5S2/c24-11(25)4-7-23-18(26)12-9-8-10(13(12)19(23)27)15-14(9)21(5-2-1-3-6-21)16-17(29-15)22-20(28)30-16/h9-10,12-15H,1-8H2,(H,22,28)(H,24,25)/t9-,10+,12-,13+,14+,15-/m0/s1. The van der Waals surface area contributed by atoms with Crippen molar-refractivity contribution in [3.63, 3.8) is 0 Å². The van der Waals surface area contributed by atoms with Gasteiger partial charge in [0, 0.05) is 22.1 Å². The number of amides is 2. The fourth-order valence-corrected chi connectivity index (χ4v) is 10.7. The summed E-state index contributed by atoms with van der Waals surface area (Å²) in [5.41, 5.74) is -0.0461. The lowest BCUT2D eigenvalue weighted by Crippen LogP contribution is -2.51. The first-order valence-electron chi connectivity index (χ1n) is 10.9. The van der Waals surface area contributed by atoms with E-state index in [1.54, 1.807) is 11.8 Å². The van der Waals surface area contributed by atoms with Crippen molar-refractivity contribution in [2.24, 2.45) is 29.6 Å². The van der Waals surface area contributed by atoms with Crippen LogP contribution in [0.2, 0.25) is 0 Å². The minimum absolute atomic E-state index is 0.00281. The molecule has 5 aliphatic rings. The largest absolute Gasteiger partial charge is 0.481 e. The number of imide groups is 1. The minimum Gasteiger partial charge on any atom is -0.481 e. The average molecular weight is 449 g/mol. The Kier molecular flexibility index (Phi) is 4.11. The molecule has 0 unspecified atom stereocenters. The molecule has 9 heteroatoms. The second kappa shape index (κ2) is 6.45. The summed E-state index contributed by atoms with van der Waals surface area (Å²) in [6, 6.07) is 0. The number of rotatable bonds is 3. The first-order chi connectivity index (χ1) is 14.4. The zero-order chi connectivity index (χ0) is 20.8. The van der Waals surface area contributed by atoms with E-state index in [2.05, 4.69) is 4.98 Å². The van der Waals surface area contributed by atoms with Crippen LogP contribution < -0.4 is 4.87 Å². The molecule has 2 bridgehead atoms. The predicted molar refractivity (Wildman–Crippen MR) is 110 cm³/mol. The van der Waals surface area contributed by atoms with Crippen LogP contribution >= 0.6 is 23.1 Å². The number of carboxylic acid groups (broad SMARTS) is 1. The highest BCUT2D eigenvalue weighted by molar-refractivity contribution is 8.00. The van der Waals surface area contributed by atoms with Crippen molar-refractivity contribution in [1.29, 1.82) is 0 Å². The highest BCUT2D eigenvalue weighted by Crippen LogP contribution is 2.71. The fraction of sp³-hybridized carbons (Fsp3) is 0.714. The van der Waals surface area contributed by atoms with Crippen LogP contribution in [0.4, 0.5) is 0 Å². The Hall–Kier alpha value is -1.61. The van der Waals surface area contributed by atoms with Crippen LogP contribution in [0.25, 0.3) is 0 Å². The smallest absolute Gasteiger partial charge is 0.305 e. The Morgan fingerprint density at radius 2 is 1.80 bits per heavy atom. The third-order valence-corrected chi connectivity index (χ3v) is 11.1. The molecule has 160 valence electrons. The molecule has 6 atom stereocenters. The molecule has 4 fully saturated rings. The van der Waals surface area contributed by atoms with Crippen LogP contribution in [0, 0.1) is 29.6 Å². The van der Waals surface area contributed by atoms with Crippen molar-refractivity contribution in [2.45, 2.75) is 60.6 Å². The normalized spacial score (nSPS) is 38.1. The predicted octanol–water partition coefficient (Wildman–Crippen LogP) is 2.45. The Balaban J connectivity index is 1.41. The molecule has 2 aliphatic heterocycles. The van der Waals surface area contributed by atoms with Gasteiger partial charge in [0.1, 0.15) is 0 Å². The first-order valence-corrected chi connectivity index (χ1v) is 12.6. The third kappa shape index (κ3) is 2.33. The lowest BCUT2D eigenvalue weighted by atomic mass is 9.57. The summed E-state index contributed by atoms with van der Waals surface area (Å²) in [6.45, 7) is -0.0201. The second-order valence-corrected chi connectivity index (χ2v) is 11.8. The highest BCUT2D eigenvalue weighted by atomic mass is 32.2. The maximum atomic E-state index is 13.2. The number of thioether (sulfide) groups is 1. The summed E-state index contributed by atoms with van der Waals surface area (Å²) in [4.78, 5) is 55.1. The molecule has 30 heavy (non-hydrogen) atoms. The zero-order valence-electron chi connectivity index (χ0n) is 16.5. The number of carbonyl (C=O) groups excluding carboxylic acids is 2. The van der Waals surface area contributed by atoms with Crippen molar-refractivity contribution in [1.82, 2.24) is 9.88 Å². The highest BCUT2D eigenvalue weighted by Gasteiger charge is 2.71. The minimum atomic E-state index is -0.991. The number of thiazole rings is 1. The van der Waals surface area contributed by atoms with Gasteiger partial charge in [-0.15, -0.1) is 11.8 Å². The molecule has 1 aromatic rings. The average Bonchev–Trinajstić information content (AvgIpc) is 3.43. The molecule has 0 aromatic carbocycles. The van der Waals surface area contributed by atoms with E-state index in [4.69, 9.17) is 5.11 Å². The molecule has 1 aromatic heterocycles. The van der Waals surface area contributed by atoms with Crippen LogP contribution in [-0.4, -0.2) is 44.6 Å². The van der Waals surface area contributed by atoms with Crippen molar-refractivity contribution in [3.05, 3.63) is 14.5 Å². The van der Waals surface area contributed by atoms with Gasteiger partial charge in [0.25, 0.3) is 0 Å². The Bertz CT molecular complexity index is 1010. The summed E-state index contributed by atoms with van der Waals surface area (Å²) in [5.74, 6) is -1.30. The van der Waals surface area contributed by atoms with Crippen LogP contribution in [-0.2, 0) is 19.8 Å². The van der Waals surface area contributed by atoms with E-state index < -0.39 is 5.97 Å². The quantitative estimate of drug-likeness (QED) is 0.688. The number of H-pyrrole nitrogens is 1. The number of carboxylic acids is 1. The number of aromatic amines is 1. The van der Waals surface area contributed by atoms with Gasteiger partial charge in [-0.2, -0.15) is 0 Å². The lowest BCUT2D eigenvalue weighted by molar-refractivity contribution is -0.142. The first kappa shape index (κ1) is 19.1. The fourth-order valence-electron chi connectivity index (χ4n) is 7.57. The molecular formula is C21H24N2O5S2. The third-order valence-electron chi connectivity index (χ3n) is 8.45. The monoisotopic (exact) mass is 448 g/mol. The van der Waals surface area contributed by atoms with Crippen molar-refractivity contribution >= 4 is 40.9 Å². The Labute approximate surface area is 181 Å². The summed E-state index contributed by atoms with van der Waals surface area (Å²) >= 11 is 3.08. The molecular weight excluding hydrogens is 424 g/mol. The van der Waals surface area contributed by atoms with Crippen molar-refractivity contribution < 1.29 is 19.5 Å². The molecule has 0 radical (unpaired) electrons. The summed E-state index contributed by atoms with van der Waals surface area (Å²) in [7, 11) is 0. The van der Waals surface area contributed by atoms with Gasteiger partial charge in [0.15, 0.2) is 0 Å². The number of fused-ring (bicyclic) bond motifs is 11. The van der Waals surface area contributed by atoms with Crippen LogP contribution in [0.15, 0.2) is 9.82 Å². The molecule has 7 nitrogen and oxygen atoms in total. The van der Waals surface area contributed by atoms with Gasteiger partial charge in [0.2, 0.25) is 11.8 Å². The van der Waals surface area contributed by atoms with E-state index in [0.29, 0.717) is 5.92 Å². The summed E-state index contributed by atoms with van der Waals surface area (Å²) in [5, 5.41) is 10.3. The van der Waals surface area contributed by atoms with Gasteiger partial charge in [-0.25, -0.2) is 0 Å². The second-order valence-electron chi connectivity index (χ2n) is 9.58. The van der Waals surface area contributed by atoms with E-state index in [1.807, 2.05) is 0 Å². The maximum absolute atomic E-state index is 13.2. The van der Waals surface area contributed by atoms with E-state index in [1.165, 1.54) is 27.5 Å². The van der Waals surface area contributed by atoms with E-state index >= 15 is 0 Å². The number of nitrogens with one attached hydrogen (secondary N) is 1. The summed E-state index contributed by atoms with van der Waals surface area (Å²) in [6.07, 6.45) is 6.31. The number of hydrogen-bond donors (Lipinski definition) is 2. The van der Waals surface area contributed by atoms with Gasteiger partial charge < -0.3 is 10.1 Å². The topological polar surface area (TPSA) is 108 Å². The maximum Gasteiger partial charge on any atom is 0.305 e. The van der Waals surface area contributed by atoms with Gasteiger partial charge >= 0.3 is 10.8 Å². The number of carbonyl (C=O) groups is 3. The van der Waals surface area contributed by atoms with Crippen LogP contribution in [0.1, 0.15) is 49.8 Å². The molecule has 1 spiro atoms. The molecule has 3 heterocycles. The molecule has 2 amide bonds. The number of hydrogen-bond acceptors (Lipinski definition) is 6. The van der Waals surface area contributed by atoms with Gasteiger partial charge in [-0.3, -0.25) is 24.1 Å².